The van der Waals surface area contributed by atoms with Crippen LogP contribution in [0, 0.1) is 0 Å². The number of benzene rings is 2. The van der Waals surface area contributed by atoms with Crippen molar-refractivity contribution in [2.75, 3.05) is 0 Å². The van der Waals surface area contributed by atoms with Gasteiger partial charge in [0.1, 0.15) is 0 Å². The van der Waals surface area contributed by atoms with E-state index in [1.165, 1.54) is 21.8 Å². The zero-order valence-corrected chi connectivity index (χ0v) is 13.1. The van der Waals surface area contributed by atoms with Gasteiger partial charge in [0, 0.05) is 66.1 Å². The molecule has 1 aromatic heterocycles. The number of rotatable bonds is 0. The second-order valence-corrected chi connectivity index (χ2v) is 3.59. The second-order valence-electron chi connectivity index (χ2n) is 3.59. The first kappa shape index (κ1) is 12.2. The summed E-state index contributed by atoms with van der Waals surface area (Å²) in [5, 5.41) is 2.68. The van der Waals surface area contributed by atoms with Crippen molar-refractivity contribution in [3.8, 4) is 0 Å². The monoisotopic (exact) mass is 435 g/mol. The maximum Gasteiger partial charge on any atom is 0.0488 e. The van der Waals surface area contributed by atoms with Crippen LogP contribution in [0.3, 0.4) is 0 Å². The zero-order chi connectivity index (χ0) is 11.5. The molecule has 0 spiro atoms. The van der Waals surface area contributed by atoms with Gasteiger partial charge in [-0.3, -0.25) is 0 Å². The van der Waals surface area contributed by atoms with Crippen LogP contribution in [0.4, 0.5) is 0 Å². The van der Waals surface area contributed by atoms with Crippen LogP contribution in [0.2, 0.25) is 0 Å². The van der Waals surface area contributed by atoms with E-state index in [1.807, 2.05) is 0 Å². The van der Waals surface area contributed by atoms with Gasteiger partial charge in [-0.25, -0.2) is 0 Å². The van der Waals surface area contributed by atoms with Gasteiger partial charge < -0.3 is 4.57 Å². The van der Waals surface area contributed by atoms with Crippen LogP contribution in [-0.2, 0) is 7.05 Å². The van der Waals surface area contributed by atoms with Crippen LogP contribution >= 0.6 is 37.2 Å². The minimum atomic E-state index is 1.30. The van der Waals surface area contributed by atoms with E-state index in [0.29, 0.717) is 0 Å². The van der Waals surface area contributed by atoms with E-state index >= 15 is 0 Å². The van der Waals surface area contributed by atoms with Gasteiger partial charge in [-0.1, -0.05) is 36.4 Å². The summed E-state index contributed by atoms with van der Waals surface area (Å²) in [6.45, 7) is 0. The smallest absolute Gasteiger partial charge is 0.0488 e. The van der Waals surface area contributed by atoms with Crippen molar-refractivity contribution in [3.05, 3.63) is 48.5 Å². The van der Waals surface area contributed by atoms with Gasteiger partial charge in [-0.15, -0.1) is 0 Å². The van der Waals surface area contributed by atoms with Crippen molar-refractivity contribution in [2.45, 2.75) is 0 Å². The molecule has 0 unspecified atom stereocenters. The largest absolute Gasteiger partial charge is 0.344 e. The Balaban J connectivity index is 0.000000457. The van der Waals surface area contributed by atoms with Gasteiger partial charge >= 0.3 is 0 Å². The number of hydrogen-bond acceptors (Lipinski definition) is 0. The summed E-state index contributed by atoms with van der Waals surface area (Å²) in [5.41, 5.74) is 2.60. The van der Waals surface area contributed by atoms with Crippen molar-refractivity contribution in [3.63, 3.8) is 0 Å². The highest BCUT2D eigenvalue weighted by Gasteiger charge is 2.04. The lowest BCUT2D eigenvalue weighted by atomic mass is 10.2. The lowest BCUT2D eigenvalue weighted by Gasteiger charge is -1.95. The molecule has 1 nitrogen and oxygen atoms in total. The first-order valence-electron chi connectivity index (χ1n) is 4.94. The molecule has 0 aliphatic heterocycles. The van der Waals surface area contributed by atoms with Crippen LogP contribution in [0.5, 0.6) is 0 Å². The number of halogens is 2. The highest BCUT2D eigenvalue weighted by Crippen LogP contribution is 2.26. The summed E-state index contributed by atoms with van der Waals surface area (Å²) in [6.07, 6.45) is 0. The Labute approximate surface area is 118 Å². The van der Waals surface area contributed by atoms with Gasteiger partial charge in [-0.2, -0.15) is 0 Å². The predicted molar refractivity (Wildman–Crippen MR) is 88.5 cm³/mol. The van der Waals surface area contributed by atoms with Crippen molar-refractivity contribution in [1.82, 2.24) is 4.57 Å². The molecule has 0 aliphatic rings. The number of aromatic nitrogens is 1. The average Bonchev–Trinajstić information content (AvgIpc) is 2.67. The topological polar surface area (TPSA) is 4.93 Å². The Hall–Kier alpha value is -0.300. The van der Waals surface area contributed by atoms with E-state index < -0.39 is 0 Å². The molecule has 0 N–H and O–H groups in total. The molecule has 0 saturated carbocycles. The van der Waals surface area contributed by atoms with E-state index in [0.717, 1.165) is 0 Å². The molecule has 0 amide bonds. The van der Waals surface area contributed by atoms with Crippen molar-refractivity contribution in [2.24, 2.45) is 7.05 Å². The van der Waals surface area contributed by atoms with E-state index in [1.54, 1.807) is 0 Å². The first-order chi connectivity index (χ1) is 7.88. The fourth-order valence-electron chi connectivity index (χ4n) is 2.12. The number of aryl methyl sites for hydroxylation is 1. The molecule has 1 heterocycles. The molecule has 0 atom stereocenters. The Morgan fingerprint density at radius 1 is 0.750 bits per heavy atom. The maximum atomic E-state index is 2.24. The summed E-state index contributed by atoms with van der Waals surface area (Å²) < 4.78 is 2.24. The number of para-hydroxylation sites is 2. The van der Waals surface area contributed by atoms with E-state index in [2.05, 4.69) is 97.4 Å². The highest BCUT2D eigenvalue weighted by molar-refractivity contribution is 15.0. The summed E-state index contributed by atoms with van der Waals surface area (Å²) in [5.74, 6) is 0. The molecule has 0 bridgehead atoms. The van der Waals surface area contributed by atoms with Crippen molar-refractivity contribution < 1.29 is 0 Å². The first-order valence-corrected chi connectivity index (χ1v) is 11.2. The standard InChI is InChI=1S/C13H11N.I2/c1-14-12-8-4-2-6-10(12)11-7-3-5-9-13(11)14;1-2/h2-9H,1H3;. The minimum Gasteiger partial charge on any atom is -0.344 e. The molecule has 0 fully saturated rings. The molecule has 0 saturated heterocycles. The van der Waals surface area contributed by atoms with E-state index in [4.69, 9.17) is 0 Å². The zero-order valence-electron chi connectivity index (χ0n) is 8.82. The lowest BCUT2D eigenvalue weighted by Crippen LogP contribution is -1.84. The van der Waals surface area contributed by atoms with Crippen molar-refractivity contribution in [1.29, 1.82) is 0 Å². The lowest BCUT2D eigenvalue weighted by molar-refractivity contribution is 1.01. The van der Waals surface area contributed by atoms with E-state index in [9.17, 15) is 0 Å². The third-order valence-electron chi connectivity index (χ3n) is 2.82. The number of hydrogen-bond donors (Lipinski definition) is 0. The SMILES string of the molecule is Cn1c2ccccc2c2ccccc21.II. The summed E-state index contributed by atoms with van der Waals surface area (Å²) >= 11 is 4.24. The molecule has 3 heteroatoms. The van der Waals surface area contributed by atoms with Gasteiger partial charge in [0.2, 0.25) is 0 Å². The molecule has 3 rings (SSSR count). The molecule has 3 aromatic rings. The van der Waals surface area contributed by atoms with E-state index in [-0.39, 0.29) is 0 Å². The van der Waals surface area contributed by atoms with Gasteiger partial charge in [0.25, 0.3) is 0 Å². The molecule has 16 heavy (non-hydrogen) atoms. The van der Waals surface area contributed by atoms with Gasteiger partial charge in [0.15, 0.2) is 0 Å². The summed E-state index contributed by atoms with van der Waals surface area (Å²) in [6, 6.07) is 17.0. The highest BCUT2D eigenvalue weighted by atomic mass is 128. The Kier molecular flexibility index (Phi) is 4.07. The molecular weight excluding hydrogens is 424 g/mol. The minimum absolute atomic E-state index is 1.30. The second kappa shape index (κ2) is 5.35. The number of fused-ring (bicyclic) bond motifs is 3. The summed E-state index contributed by atoms with van der Waals surface area (Å²) in [4.78, 5) is 0. The van der Waals surface area contributed by atoms with Crippen molar-refractivity contribution >= 4 is 59.0 Å². The fraction of sp³-hybridized carbons (Fsp3) is 0.0769. The van der Waals surface area contributed by atoms with Gasteiger partial charge in [0.05, 0.1) is 0 Å². The maximum absolute atomic E-state index is 2.24. The van der Waals surface area contributed by atoms with Gasteiger partial charge in [-0.05, 0) is 12.1 Å². The van der Waals surface area contributed by atoms with Crippen LogP contribution in [0.1, 0.15) is 0 Å². The fourth-order valence-corrected chi connectivity index (χ4v) is 2.12. The van der Waals surface area contributed by atoms with Crippen LogP contribution in [0.25, 0.3) is 21.8 Å². The van der Waals surface area contributed by atoms with Crippen LogP contribution in [0.15, 0.2) is 48.5 Å². The predicted octanol–water partition coefficient (Wildman–Crippen LogP) is 5.10. The Bertz CT molecular complexity index is 560. The van der Waals surface area contributed by atoms with Crippen LogP contribution < -0.4 is 0 Å². The Morgan fingerprint density at radius 2 is 1.12 bits per heavy atom. The third-order valence-corrected chi connectivity index (χ3v) is 2.82. The third kappa shape index (κ3) is 1.95. The molecule has 0 radical (unpaired) electrons. The molecular formula is C13H11I2N. The quantitative estimate of drug-likeness (QED) is 0.433. The van der Waals surface area contributed by atoms with Crippen LogP contribution in [-0.4, -0.2) is 4.57 Å². The Morgan fingerprint density at radius 3 is 1.56 bits per heavy atom. The normalized spacial score (nSPS) is 10.2. The summed E-state index contributed by atoms with van der Waals surface area (Å²) in [7, 11) is 2.12. The number of nitrogens with zero attached hydrogens (tertiary/aromatic N) is 1. The molecule has 0 aliphatic carbocycles. The average molecular weight is 435 g/mol. The molecule has 2 aromatic carbocycles. The molecule has 82 valence electrons.